The number of nitrogens with two attached hydrogens (primary N) is 1. The van der Waals surface area contributed by atoms with Crippen molar-refractivity contribution in [2.24, 2.45) is 0 Å². The smallest absolute Gasteiger partial charge is 0.160 e. The average Bonchev–Trinajstić information content (AvgIpc) is 2.64. The summed E-state index contributed by atoms with van der Waals surface area (Å²) in [5.41, 5.74) is 7.77. The molecule has 1 atom stereocenters. The van der Waals surface area contributed by atoms with Crippen LogP contribution in [0.2, 0.25) is 0 Å². The van der Waals surface area contributed by atoms with E-state index < -0.39 is 0 Å². The van der Waals surface area contributed by atoms with Crippen LogP contribution >= 0.6 is 0 Å². The number of nitrogen functional groups attached to an aromatic ring is 1. The summed E-state index contributed by atoms with van der Waals surface area (Å²) in [6.45, 7) is 3.23. The second-order valence-electron chi connectivity index (χ2n) is 5.85. The molecule has 0 spiro atoms. The van der Waals surface area contributed by atoms with Crippen molar-refractivity contribution in [2.75, 3.05) is 50.8 Å². The Kier molecular flexibility index (Phi) is 7.28. The highest BCUT2D eigenvalue weighted by atomic mass is 16.5. The normalized spacial score (nSPS) is 11.7. The van der Waals surface area contributed by atoms with E-state index in [9.17, 15) is 0 Å². The summed E-state index contributed by atoms with van der Waals surface area (Å²) in [7, 11) is 4.90. The van der Waals surface area contributed by atoms with E-state index >= 15 is 0 Å². The summed E-state index contributed by atoms with van der Waals surface area (Å²) in [6.07, 6.45) is 2.27. The quantitative estimate of drug-likeness (QED) is 0.592. The SMILES string of the molecule is COCC(C)Nc1ncnc(NCCc2ccc(OC)c(OC)c2)c1N. The first-order valence-corrected chi connectivity index (χ1v) is 8.39. The zero-order chi connectivity index (χ0) is 18.9. The van der Waals surface area contributed by atoms with Crippen LogP contribution in [-0.4, -0.2) is 50.5 Å². The van der Waals surface area contributed by atoms with Gasteiger partial charge in [0, 0.05) is 19.7 Å². The highest BCUT2D eigenvalue weighted by Crippen LogP contribution is 2.28. The van der Waals surface area contributed by atoms with Crippen LogP contribution in [0.1, 0.15) is 12.5 Å². The maximum Gasteiger partial charge on any atom is 0.160 e. The van der Waals surface area contributed by atoms with Crippen molar-refractivity contribution < 1.29 is 14.2 Å². The van der Waals surface area contributed by atoms with Crippen LogP contribution in [0.4, 0.5) is 17.3 Å². The molecule has 0 aliphatic carbocycles. The van der Waals surface area contributed by atoms with Gasteiger partial charge in [0.25, 0.3) is 0 Å². The van der Waals surface area contributed by atoms with E-state index in [1.54, 1.807) is 21.3 Å². The summed E-state index contributed by atoms with van der Waals surface area (Å²) in [6, 6.07) is 5.96. The molecule has 1 heterocycles. The second kappa shape index (κ2) is 9.67. The van der Waals surface area contributed by atoms with Crippen molar-refractivity contribution in [3.63, 3.8) is 0 Å². The molecule has 0 bridgehead atoms. The van der Waals surface area contributed by atoms with Crippen LogP contribution in [0.3, 0.4) is 0 Å². The van der Waals surface area contributed by atoms with Crippen molar-refractivity contribution in [1.82, 2.24) is 9.97 Å². The minimum Gasteiger partial charge on any atom is -0.493 e. The van der Waals surface area contributed by atoms with Gasteiger partial charge in [-0.05, 0) is 31.0 Å². The minimum atomic E-state index is 0.0943. The van der Waals surface area contributed by atoms with E-state index in [4.69, 9.17) is 19.9 Å². The van der Waals surface area contributed by atoms with Crippen molar-refractivity contribution in [1.29, 1.82) is 0 Å². The fraction of sp³-hybridized carbons (Fsp3) is 0.444. The molecule has 26 heavy (non-hydrogen) atoms. The van der Waals surface area contributed by atoms with E-state index in [-0.39, 0.29) is 6.04 Å². The summed E-state index contributed by atoms with van der Waals surface area (Å²) in [4.78, 5) is 8.42. The highest BCUT2D eigenvalue weighted by Gasteiger charge is 2.11. The van der Waals surface area contributed by atoms with Gasteiger partial charge in [-0.3, -0.25) is 0 Å². The molecule has 1 aromatic carbocycles. The topological polar surface area (TPSA) is 104 Å². The van der Waals surface area contributed by atoms with Crippen molar-refractivity contribution in [3.8, 4) is 11.5 Å². The van der Waals surface area contributed by atoms with Crippen LogP contribution in [0.25, 0.3) is 0 Å². The number of ether oxygens (including phenoxy) is 3. The summed E-state index contributed by atoms with van der Waals surface area (Å²) in [5, 5.41) is 6.47. The standard InChI is InChI=1S/C18H27N5O3/c1-12(10-24-2)23-18-16(19)17(21-11-22-18)20-8-7-13-5-6-14(25-3)15(9-13)26-4/h5-6,9,11-12H,7-8,10,19H2,1-4H3,(H2,20,21,22,23). The molecule has 0 aliphatic heterocycles. The van der Waals surface area contributed by atoms with Crippen LogP contribution in [0, 0.1) is 0 Å². The zero-order valence-corrected chi connectivity index (χ0v) is 15.7. The molecule has 2 aromatic rings. The first kappa shape index (κ1) is 19.6. The molecular formula is C18H27N5O3. The lowest BCUT2D eigenvalue weighted by Crippen LogP contribution is -2.22. The number of anilines is 3. The molecule has 0 saturated heterocycles. The van der Waals surface area contributed by atoms with Crippen molar-refractivity contribution in [2.45, 2.75) is 19.4 Å². The van der Waals surface area contributed by atoms with E-state index in [2.05, 4.69) is 20.6 Å². The first-order valence-electron chi connectivity index (χ1n) is 8.39. The molecule has 0 fully saturated rings. The summed E-state index contributed by atoms with van der Waals surface area (Å²) >= 11 is 0. The van der Waals surface area contributed by atoms with E-state index in [0.717, 1.165) is 12.0 Å². The van der Waals surface area contributed by atoms with Gasteiger partial charge in [-0.15, -0.1) is 0 Å². The van der Waals surface area contributed by atoms with Gasteiger partial charge in [0.1, 0.15) is 12.0 Å². The molecule has 142 valence electrons. The molecule has 0 radical (unpaired) electrons. The van der Waals surface area contributed by atoms with Crippen LogP contribution in [0.15, 0.2) is 24.5 Å². The Hall–Kier alpha value is -2.74. The molecular weight excluding hydrogens is 334 g/mol. The average molecular weight is 361 g/mol. The number of hydrogen-bond donors (Lipinski definition) is 3. The monoisotopic (exact) mass is 361 g/mol. The fourth-order valence-corrected chi connectivity index (χ4v) is 2.54. The molecule has 2 rings (SSSR count). The van der Waals surface area contributed by atoms with Crippen molar-refractivity contribution >= 4 is 17.3 Å². The molecule has 8 nitrogen and oxygen atoms in total. The minimum absolute atomic E-state index is 0.0943. The van der Waals surface area contributed by atoms with Gasteiger partial charge in [0.05, 0.1) is 20.8 Å². The molecule has 4 N–H and O–H groups in total. The largest absolute Gasteiger partial charge is 0.493 e. The Labute approximate surface area is 154 Å². The third-order valence-corrected chi connectivity index (χ3v) is 3.84. The maximum absolute atomic E-state index is 6.16. The number of methoxy groups -OCH3 is 3. The molecule has 1 unspecified atom stereocenters. The summed E-state index contributed by atoms with van der Waals surface area (Å²) < 4.78 is 15.7. The van der Waals surface area contributed by atoms with Crippen molar-refractivity contribution in [3.05, 3.63) is 30.1 Å². The molecule has 0 aliphatic rings. The van der Waals surface area contributed by atoms with E-state index in [1.807, 2.05) is 25.1 Å². The zero-order valence-electron chi connectivity index (χ0n) is 15.7. The second-order valence-corrected chi connectivity index (χ2v) is 5.85. The Morgan fingerprint density at radius 2 is 1.81 bits per heavy atom. The van der Waals surface area contributed by atoms with E-state index in [0.29, 0.717) is 42.0 Å². The Morgan fingerprint density at radius 3 is 2.50 bits per heavy atom. The van der Waals surface area contributed by atoms with Gasteiger partial charge in [-0.1, -0.05) is 6.07 Å². The van der Waals surface area contributed by atoms with Gasteiger partial charge in [0.15, 0.2) is 23.1 Å². The predicted octanol–water partition coefficient (Wildman–Crippen LogP) is 2.18. The number of nitrogens with one attached hydrogen (secondary N) is 2. The highest BCUT2D eigenvalue weighted by molar-refractivity contribution is 5.74. The van der Waals surface area contributed by atoms with Gasteiger partial charge in [0.2, 0.25) is 0 Å². The third kappa shape index (κ3) is 5.13. The number of nitrogens with zero attached hydrogens (tertiary/aromatic N) is 2. The number of aromatic nitrogens is 2. The maximum atomic E-state index is 6.16. The number of hydrogen-bond acceptors (Lipinski definition) is 8. The molecule has 8 heteroatoms. The fourth-order valence-electron chi connectivity index (χ4n) is 2.54. The van der Waals surface area contributed by atoms with Crippen LogP contribution in [-0.2, 0) is 11.2 Å². The lowest BCUT2D eigenvalue weighted by molar-refractivity contribution is 0.190. The summed E-state index contributed by atoms with van der Waals surface area (Å²) in [5.74, 6) is 2.63. The molecule has 1 aromatic heterocycles. The third-order valence-electron chi connectivity index (χ3n) is 3.84. The van der Waals surface area contributed by atoms with Gasteiger partial charge >= 0.3 is 0 Å². The molecule has 0 amide bonds. The van der Waals surface area contributed by atoms with Gasteiger partial charge in [-0.2, -0.15) is 0 Å². The lowest BCUT2D eigenvalue weighted by atomic mass is 10.1. The van der Waals surface area contributed by atoms with Crippen LogP contribution in [0.5, 0.6) is 11.5 Å². The lowest BCUT2D eigenvalue weighted by Gasteiger charge is -2.16. The Morgan fingerprint density at radius 1 is 1.08 bits per heavy atom. The van der Waals surface area contributed by atoms with Gasteiger partial charge < -0.3 is 30.6 Å². The van der Waals surface area contributed by atoms with Gasteiger partial charge in [-0.25, -0.2) is 9.97 Å². The Bertz CT molecular complexity index is 711. The number of rotatable bonds is 10. The first-order chi connectivity index (χ1) is 12.6. The molecule has 0 saturated carbocycles. The Balaban J connectivity index is 1.97. The number of benzene rings is 1. The predicted molar refractivity (Wildman–Crippen MR) is 103 cm³/mol. The van der Waals surface area contributed by atoms with E-state index in [1.165, 1.54) is 6.33 Å². The van der Waals surface area contributed by atoms with Crippen LogP contribution < -0.4 is 25.8 Å².